The standard InChI is InChI=1S/C16H20NO5P/c1-4-13-11-16(13,23(3,20)21-5-2)17-15(19)22-14(18)12-9-7-6-8-10-12/h4,6-10,13H,1,5,11H2,2-3H3,(H,17,19). The van der Waals surface area contributed by atoms with Gasteiger partial charge < -0.3 is 14.6 Å². The molecule has 0 spiro atoms. The van der Waals surface area contributed by atoms with Gasteiger partial charge in [0.05, 0.1) is 12.2 Å². The van der Waals surface area contributed by atoms with E-state index in [9.17, 15) is 14.2 Å². The van der Waals surface area contributed by atoms with Crippen molar-refractivity contribution in [3.63, 3.8) is 0 Å². The van der Waals surface area contributed by atoms with E-state index in [2.05, 4.69) is 11.9 Å². The molecule has 0 aliphatic heterocycles. The predicted molar refractivity (Wildman–Crippen MR) is 86.6 cm³/mol. The van der Waals surface area contributed by atoms with Gasteiger partial charge in [0.15, 0.2) is 0 Å². The average Bonchev–Trinajstić information content (AvgIpc) is 3.23. The largest absolute Gasteiger partial charge is 0.416 e. The van der Waals surface area contributed by atoms with Crippen molar-refractivity contribution in [1.82, 2.24) is 5.32 Å². The topological polar surface area (TPSA) is 81.7 Å². The molecule has 124 valence electrons. The third-order valence-electron chi connectivity index (χ3n) is 3.88. The van der Waals surface area contributed by atoms with Gasteiger partial charge in [0.1, 0.15) is 5.28 Å². The van der Waals surface area contributed by atoms with E-state index < -0.39 is 24.7 Å². The summed E-state index contributed by atoms with van der Waals surface area (Å²) in [6, 6.07) is 8.17. The first kappa shape index (κ1) is 17.4. The molecule has 1 N–H and O–H groups in total. The van der Waals surface area contributed by atoms with E-state index in [1.807, 2.05) is 0 Å². The molecule has 0 heterocycles. The average molecular weight is 337 g/mol. The molecule has 0 bridgehead atoms. The van der Waals surface area contributed by atoms with Gasteiger partial charge >= 0.3 is 12.1 Å². The Bertz CT molecular complexity index is 660. The maximum atomic E-state index is 12.7. The van der Waals surface area contributed by atoms with Crippen LogP contribution in [0.25, 0.3) is 0 Å². The first-order chi connectivity index (χ1) is 10.9. The van der Waals surface area contributed by atoms with Crippen molar-refractivity contribution < 1.29 is 23.4 Å². The second kappa shape index (κ2) is 6.69. The number of hydrogen-bond donors (Lipinski definition) is 1. The van der Waals surface area contributed by atoms with Gasteiger partial charge in [-0.3, -0.25) is 4.57 Å². The van der Waals surface area contributed by atoms with Gasteiger partial charge in [-0.25, -0.2) is 9.59 Å². The zero-order chi connectivity index (χ0) is 17.1. The summed E-state index contributed by atoms with van der Waals surface area (Å²) < 4.78 is 22.8. The van der Waals surface area contributed by atoms with E-state index in [1.54, 1.807) is 43.3 Å². The number of rotatable bonds is 6. The molecule has 1 fully saturated rings. The number of amides is 1. The van der Waals surface area contributed by atoms with Crippen molar-refractivity contribution in [2.45, 2.75) is 18.6 Å². The van der Waals surface area contributed by atoms with Crippen molar-refractivity contribution in [2.75, 3.05) is 13.3 Å². The summed E-state index contributed by atoms with van der Waals surface area (Å²) >= 11 is 0. The number of ether oxygens (including phenoxy) is 1. The number of carbonyl (C=O) groups is 2. The van der Waals surface area contributed by atoms with E-state index in [0.717, 1.165) is 0 Å². The zero-order valence-corrected chi connectivity index (χ0v) is 14.0. The van der Waals surface area contributed by atoms with Crippen LogP contribution in [0, 0.1) is 5.92 Å². The number of esters is 1. The van der Waals surface area contributed by atoms with Crippen LogP contribution < -0.4 is 5.32 Å². The lowest BCUT2D eigenvalue weighted by atomic mass is 10.2. The first-order valence-electron chi connectivity index (χ1n) is 7.30. The monoisotopic (exact) mass is 337 g/mol. The van der Waals surface area contributed by atoms with Gasteiger partial charge in [0.25, 0.3) is 0 Å². The molecule has 0 saturated heterocycles. The molecule has 3 atom stereocenters. The van der Waals surface area contributed by atoms with Crippen LogP contribution in [0.1, 0.15) is 23.7 Å². The minimum Gasteiger partial charge on any atom is -0.373 e. The van der Waals surface area contributed by atoms with E-state index in [1.165, 1.54) is 6.66 Å². The fourth-order valence-electron chi connectivity index (χ4n) is 2.55. The predicted octanol–water partition coefficient (Wildman–Crippen LogP) is 3.40. The van der Waals surface area contributed by atoms with Crippen molar-refractivity contribution >= 4 is 19.4 Å². The molecule has 1 aromatic rings. The Kier molecular flexibility index (Phi) is 5.07. The molecule has 2 rings (SSSR count). The van der Waals surface area contributed by atoms with Crippen LogP contribution in [-0.4, -0.2) is 30.6 Å². The highest BCUT2D eigenvalue weighted by Crippen LogP contribution is 2.70. The van der Waals surface area contributed by atoms with Gasteiger partial charge in [0.2, 0.25) is 7.37 Å². The molecule has 6 nitrogen and oxygen atoms in total. The maximum absolute atomic E-state index is 12.7. The Balaban J connectivity index is 2.07. The highest BCUT2D eigenvalue weighted by molar-refractivity contribution is 7.60. The second-order valence-electron chi connectivity index (χ2n) is 5.40. The van der Waals surface area contributed by atoms with Gasteiger partial charge in [-0.15, -0.1) is 6.58 Å². The number of alkyl carbamates (subject to hydrolysis) is 1. The second-order valence-corrected chi connectivity index (χ2v) is 8.15. The number of carbonyl (C=O) groups excluding carboxylic acids is 2. The van der Waals surface area contributed by atoms with E-state index in [-0.39, 0.29) is 18.1 Å². The Morgan fingerprint density at radius 2 is 2.09 bits per heavy atom. The van der Waals surface area contributed by atoms with Gasteiger partial charge in [-0.05, 0) is 25.5 Å². The third-order valence-corrected chi connectivity index (χ3v) is 6.71. The molecule has 23 heavy (non-hydrogen) atoms. The lowest BCUT2D eigenvalue weighted by Crippen LogP contribution is -2.40. The molecule has 1 aliphatic carbocycles. The molecule has 0 radical (unpaired) electrons. The summed E-state index contributed by atoms with van der Waals surface area (Å²) in [5.41, 5.74) is 0.261. The summed E-state index contributed by atoms with van der Waals surface area (Å²) in [5.74, 6) is -0.944. The Morgan fingerprint density at radius 3 is 2.61 bits per heavy atom. The van der Waals surface area contributed by atoms with Crippen LogP contribution in [0.3, 0.4) is 0 Å². The Morgan fingerprint density at radius 1 is 1.43 bits per heavy atom. The van der Waals surface area contributed by atoms with Crippen LogP contribution >= 0.6 is 7.37 Å². The molecule has 1 aliphatic rings. The first-order valence-corrected chi connectivity index (χ1v) is 9.37. The summed E-state index contributed by atoms with van der Waals surface area (Å²) in [4.78, 5) is 23.9. The van der Waals surface area contributed by atoms with Crippen molar-refractivity contribution in [3.05, 3.63) is 48.6 Å². The van der Waals surface area contributed by atoms with E-state index >= 15 is 0 Å². The van der Waals surface area contributed by atoms with Crippen LogP contribution in [-0.2, 0) is 13.8 Å². The minimum absolute atomic E-state index is 0.177. The molecule has 1 amide bonds. The molecule has 1 aromatic carbocycles. The molecule has 3 unspecified atom stereocenters. The van der Waals surface area contributed by atoms with Crippen LogP contribution in [0.4, 0.5) is 4.79 Å². The molecular formula is C16H20NO5P. The van der Waals surface area contributed by atoms with Crippen molar-refractivity contribution in [3.8, 4) is 0 Å². The Labute approximate surface area is 135 Å². The summed E-state index contributed by atoms with van der Waals surface area (Å²) in [6.07, 6.45) is 1.12. The summed E-state index contributed by atoms with van der Waals surface area (Å²) in [5, 5.41) is 1.51. The molecule has 1 saturated carbocycles. The maximum Gasteiger partial charge on any atom is 0.416 e. The van der Waals surface area contributed by atoms with Crippen molar-refractivity contribution in [2.24, 2.45) is 5.92 Å². The lowest BCUT2D eigenvalue weighted by Gasteiger charge is -2.25. The molecule has 7 heteroatoms. The normalized spacial score (nSPS) is 25.0. The summed E-state index contributed by atoms with van der Waals surface area (Å²) in [7, 11) is -3.12. The van der Waals surface area contributed by atoms with E-state index in [4.69, 9.17) is 9.26 Å². The van der Waals surface area contributed by atoms with Gasteiger partial charge in [-0.2, -0.15) is 0 Å². The quantitative estimate of drug-likeness (QED) is 0.372. The number of nitrogens with one attached hydrogen (secondary N) is 1. The SMILES string of the molecule is C=CC1CC1(NC(=O)OC(=O)c1ccccc1)P(C)(=O)OCC. The Hall–Kier alpha value is -1.91. The number of hydrogen-bond acceptors (Lipinski definition) is 5. The zero-order valence-electron chi connectivity index (χ0n) is 13.2. The van der Waals surface area contributed by atoms with Gasteiger partial charge in [0, 0.05) is 12.6 Å². The highest BCUT2D eigenvalue weighted by Gasteiger charge is 2.64. The van der Waals surface area contributed by atoms with Crippen LogP contribution in [0.15, 0.2) is 43.0 Å². The number of benzene rings is 1. The fraction of sp³-hybridized carbons (Fsp3) is 0.375. The minimum atomic E-state index is -3.12. The summed E-state index contributed by atoms with van der Waals surface area (Å²) in [6.45, 7) is 7.13. The van der Waals surface area contributed by atoms with Gasteiger partial charge in [-0.1, -0.05) is 24.3 Å². The smallest absolute Gasteiger partial charge is 0.373 e. The van der Waals surface area contributed by atoms with E-state index in [0.29, 0.717) is 6.42 Å². The molecular weight excluding hydrogens is 317 g/mol. The lowest BCUT2D eigenvalue weighted by molar-refractivity contribution is 0.0618. The fourth-order valence-corrected chi connectivity index (χ4v) is 4.80. The van der Waals surface area contributed by atoms with Crippen LogP contribution in [0.2, 0.25) is 0 Å². The highest BCUT2D eigenvalue weighted by atomic mass is 31.2. The van der Waals surface area contributed by atoms with Crippen LogP contribution in [0.5, 0.6) is 0 Å². The molecule has 0 aromatic heterocycles. The van der Waals surface area contributed by atoms with Crippen molar-refractivity contribution in [1.29, 1.82) is 0 Å². The third kappa shape index (κ3) is 3.54.